The number of carbonyl (C=O) groups is 4. The Labute approximate surface area is 357 Å². The fourth-order valence-corrected chi connectivity index (χ4v) is 8.90. The van der Waals surface area contributed by atoms with Crippen molar-refractivity contribution in [2.24, 2.45) is 5.41 Å². The number of benzene rings is 2. The topological polar surface area (TPSA) is 198 Å². The summed E-state index contributed by atoms with van der Waals surface area (Å²) in [6.07, 6.45) is 6.09. The summed E-state index contributed by atoms with van der Waals surface area (Å²) >= 11 is 6.58. The molecule has 4 aromatic rings. The van der Waals surface area contributed by atoms with Crippen molar-refractivity contribution in [1.82, 2.24) is 30.5 Å². The smallest absolute Gasteiger partial charge is 0.293 e. The molecule has 1 atom stereocenters. The normalized spacial score (nSPS) is 19.0. The molecule has 5 heterocycles. The van der Waals surface area contributed by atoms with Crippen LogP contribution < -0.4 is 46.1 Å². The van der Waals surface area contributed by atoms with Gasteiger partial charge < -0.3 is 44.5 Å². The third-order valence-electron chi connectivity index (χ3n) is 12.0. The number of piperidine rings is 2. The van der Waals surface area contributed by atoms with Crippen LogP contribution in [0, 0.1) is 5.41 Å². The molecule has 4 N–H and O–H groups in total. The van der Waals surface area contributed by atoms with E-state index in [0.717, 1.165) is 68.5 Å². The largest absolute Gasteiger partial charge is 0.496 e. The average molecular weight is 856 g/mol. The number of methoxy groups -OCH3 is 1. The molecular formula is C43H50ClN9O8. The standard InChI is InChI=1S/C43H50ClN9O8/c1-24(2)53-33-9-5-26(15-25(33)16-35(41(53)58)60-21-37(55)45-3)47-38-31(44)20-46-42(50-38)51-13-11-28(12-14-51)61-29-18-43(19-29)22-52(23-43)27-6-7-30(34(17-27)59-4)39(56)48-32-8-10-36(54)49-40(32)57/h5-7,9,15-17,20,24,28-29,32H,8,10-14,18-19,21-23H2,1-4H3,(H,45,55)(H,48,56)(H,46,47,50)(H,49,54,57). The van der Waals surface area contributed by atoms with Gasteiger partial charge in [-0.3, -0.25) is 29.3 Å². The first-order valence-electron chi connectivity index (χ1n) is 20.6. The third-order valence-corrected chi connectivity index (χ3v) is 12.3. The molecule has 4 aliphatic rings. The first kappa shape index (κ1) is 41.8. The number of nitrogens with zero attached hydrogens (tertiary/aromatic N) is 5. The first-order chi connectivity index (χ1) is 29.3. The Morgan fingerprint density at radius 3 is 2.46 bits per heavy atom. The van der Waals surface area contributed by atoms with Crippen molar-refractivity contribution >= 4 is 69.3 Å². The molecule has 17 nitrogen and oxygen atoms in total. The lowest BCUT2D eigenvalue weighted by Gasteiger charge is -2.60. The van der Waals surface area contributed by atoms with Crippen molar-refractivity contribution in [3.8, 4) is 11.5 Å². The van der Waals surface area contributed by atoms with Gasteiger partial charge >= 0.3 is 0 Å². The quantitative estimate of drug-likeness (QED) is 0.141. The van der Waals surface area contributed by atoms with Crippen LogP contribution >= 0.6 is 11.6 Å². The first-order valence-corrected chi connectivity index (χ1v) is 21.0. The highest BCUT2D eigenvalue weighted by Crippen LogP contribution is 2.51. The van der Waals surface area contributed by atoms with Gasteiger partial charge in [0.05, 0.1) is 36.6 Å². The SMILES string of the molecule is CNC(=O)COc1cc2cc(Nc3nc(N4CCC(OC5CC6(C5)CN(c5ccc(C(=O)NC7CCC(=O)NC7=O)c(OC)c5)C6)CC4)ncc3Cl)ccc2n(C(C)C)c1=O. The molecule has 1 saturated carbocycles. The van der Waals surface area contributed by atoms with Gasteiger partial charge in [0, 0.05) is 73.9 Å². The molecule has 4 fully saturated rings. The van der Waals surface area contributed by atoms with Gasteiger partial charge in [0.15, 0.2) is 18.2 Å². The number of fused-ring (bicyclic) bond motifs is 1. The summed E-state index contributed by atoms with van der Waals surface area (Å²) in [6.45, 7) is 6.84. The predicted octanol–water partition coefficient (Wildman–Crippen LogP) is 4.09. The molecule has 3 aliphatic heterocycles. The Bertz CT molecular complexity index is 2420. The zero-order valence-corrected chi connectivity index (χ0v) is 35.3. The van der Waals surface area contributed by atoms with Gasteiger partial charge in [-0.15, -0.1) is 0 Å². The van der Waals surface area contributed by atoms with E-state index in [1.165, 1.54) is 14.2 Å². The van der Waals surface area contributed by atoms with Gasteiger partial charge in [0.25, 0.3) is 17.4 Å². The number of halogens is 1. The number of ether oxygens (including phenoxy) is 3. The van der Waals surface area contributed by atoms with E-state index in [1.807, 2.05) is 44.2 Å². The lowest BCUT2D eigenvalue weighted by atomic mass is 9.61. The summed E-state index contributed by atoms with van der Waals surface area (Å²) in [5.74, 6) is -0.0588. The minimum Gasteiger partial charge on any atom is -0.496 e. The Morgan fingerprint density at radius 1 is 0.984 bits per heavy atom. The zero-order chi connectivity index (χ0) is 43.0. The van der Waals surface area contributed by atoms with Crippen LogP contribution in [0.25, 0.3) is 10.9 Å². The number of amides is 4. The molecule has 1 aliphatic carbocycles. The molecule has 1 unspecified atom stereocenters. The van der Waals surface area contributed by atoms with Gasteiger partial charge in [-0.25, -0.2) is 4.98 Å². The van der Waals surface area contributed by atoms with E-state index in [0.29, 0.717) is 33.8 Å². The molecule has 2 aromatic carbocycles. The lowest BCUT2D eigenvalue weighted by Crippen LogP contribution is -2.64. The van der Waals surface area contributed by atoms with Crippen LogP contribution in [0.1, 0.15) is 68.8 Å². The van der Waals surface area contributed by atoms with E-state index in [-0.39, 0.29) is 66.2 Å². The van der Waals surface area contributed by atoms with Crippen LogP contribution in [0.5, 0.6) is 11.5 Å². The van der Waals surface area contributed by atoms with Crippen molar-refractivity contribution in [2.75, 3.05) is 62.1 Å². The fourth-order valence-electron chi connectivity index (χ4n) is 8.77. The molecule has 322 valence electrons. The Balaban J connectivity index is 0.822. The lowest BCUT2D eigenvalue weighted by molar-refractivity contribution is -0.134. The van der Waals surface area contributed by atoms with Gasteiger partial charge in [-0.1, -0.05) is 11.6 Å². The number of aromatic nitrogens is 3. The van der Waals surface area contributed by atoms with E-state index in [2.05, 4.69) is 36.1 Å². The van der Waals surface area contributed by atoms with Crippen LogP contribution in [-0.4, -0.2) is 103 Å². The predicted molar refractivity (Wildman–Crippen MR) is 229 cm³/mol. The second kappa shape index (κ2) is 17.2. The van der Waals surface area contributed by atoms with Crippen molar-refractivity contribution in [3.05, 3.63) is 69.6 Å². The van der Waals surface area contributed by atoms with E-state index in [9.17, 15) is 24.0 Å². The van der Waals surface area contributed by atoms with Gasteiger partial charge in [0.2, 0.25) is 17.8 Å². The second-order valence-electron chi connectivity index (χ2n) is 16.6. The number of hydrogen-bond donors (Lipinski definition) is 4. The molecule has 0 radical (unpaired) electrons. The Kier molecular flexibility index (Phi) is 11.8. The molecule has 4 amide bonds. The molecular weight excluding hydrogens is 806 g/mol. The molecule has 0 bridgehead atoms. The highest BCUT2D eigenvalue weighted by Gasteiger charge is 2.53. The summed E-state index contributed by atoms with van der Waals surface area (Å²) in [5, 5.41) is 11.9. The summed E-state index contributed by atoms with van der Waals surface area (Å²) in [4.78, 5) is 75.4. The molecule has 8 rings (SSSR count). The monoisotopic (exact) mass is 855 g/mol. The molecule has 2 aromatic heterocycles. The summed E-state index contributed by atoms with van der Waals surface area (Å²) in [5.41, 5.74) is 2.63. The maximum absolute atomic E-state index is 13.2. The number of carbonyl (C=O) groups excluding carboxylic acids is 4. The van der Waals surface area contributed by atoms with Crippen molar-refractivity contribution in [1.29, 1.82) is 0 Å². The van der Waals surface area contributed by atoms with Gasteiger partial charge in [-0.2, -0.15) is 4.98 Å². The second-order valence-corrected chi connectivity index (χ2v) is 17.0. The average Bonchev–Trinajstić information content (AvgIpc) is 3.22. The number of likely N-dealkylation sites (N-methyl/N-ethyl adjacent to an activating group) is 1. The summed E-state index contributed by atoms with van der Waals surface area (Å²) in [6, 6.07) is 11.8. The van der Waals surface area contributed by atoms with Crippen molar-refractivity contribution < 1.29 is 33.4 Å². The van der Waals surface area contributed by atoms with E-state index in [1.54, 1.807) is 22.9 Å². The molecule has 18 heteroatoms. The highest BCUT2D eigenvalue weighted by atomic mass is 35.5. The highest BCUT2D eigenvalue weighted by molar-refractivity contribution is 6.33. The Hall–Kier alpha value is -5.94. The van der Waals surface area contributed by atoms with Crippen LogP contribution in [0.4, 0.5) is 23.1 Å². The number of anilines is 4. The van der Waals surface area contributed by atoms with E-state index < -0.39 is 17.9 Å². The minimum atomic E-state index is -0.764. The summed E-state index contributed by atoms with van der Waals surface area (Å²) < 4.78 is 19.4. The molecule has 1 spiro atoms. The van der Waals surface area contributed by atoms with Crippen LogP contribution in [0.2, 0.25) is 5.02 Å². The maximum Gasteiger partial charge on any atom is 0.293 e. The zero-order valence-electron chi connectivity index (χ0n) is 34.6. The number of hydrogen-bond acceptors (Lipinski definition) is 13. The van der Waals surface area contributed by atoms with Gasteiger partial charge in [0.1, 0.15) is 16.8 Å². The van der Waals surface area contributed by atoms with E-state index >= 15 is 0 Å². The van der Waals surface area contributed by atoms with Crippen molar-refractivity contribution in [3.63, 3.8) is 0 Å². The molecule has 61 heavy (non-hydrogen) atoms. The fraction of sp³-hybridized carbons (Fsp3) is 0.465. The number of nitrogens with one attached hydrogen (secondary N) is 4. The van der Waals surface area contributed by atoms with Crippen molar-refractivity contribution in [2.45, 2.75) is 76.7 Å². The maximum atomic E-state index is 13.2. The minimum absolute atomic E-state index is 0.0868. The van der Waals surface area contributed by atoms with E-state index in [4.69, 9.17) is 30.8 Å². The molecule has 3 saturated heterocycles. The Morgan fingerprint density at radius 2 is 1.75 bits per heavy atom. The number of imide groups is 1. The third kappa shape index (κ3) is 8.80. The van der Waals surface area contributed by atoms with Crippen LogP contribution in [0.15, 0.2) is 53.5 Å². The summed E-state index contributed by atoms with van der Waals surface area (Å²) in [7, 11) is 3.03. The van der Waals surface area contributed by atoms with Crippen LogP contribution in [-0.2, 0) is 19.1 Å². The number of rotatable bonds is 13. The van der Waals surface area contributed by atoms with Gasteiger partial charge in [-0.05, 0) is 82.3 Å². The van der Waals surface area contributed by atoms with Crippen LogP contribution in [0.3, 0.4) is 0 Å². The number of pyridine rings is 1.